The number of carbonyl (C=O) groups is 1. The van der Waals surface area contributed by atoms with E-state index in [-0.39, 0.29) is 13.2 Å². The number of rotatable bonds is 3. The van der Waals surface area contributed by atoms with Gasteiger partial charge in [-0.25, -0.2) is 9.78 Å². The standard InChI is InChI=1S/C9H11F3N2O2/c1-3-14-5-13-7(9(10,11)12)6(14)8(15)16-4-2/h5H,3-4H2,1-2H3. The summed E-state index contributed by atoms with van der Waals surface area (Å²) in [4.78, 5) is 14.6. The SMILES string of the molecule is CCOC(=O)c1c(C(F)(F)F)ncn1CC. The molecule has 0 aliphatic carbocycles. The van der Waals surface area contributed by atoms with Crippen molar-refractivity contribution in [2.75, 3.05) is 6.61 Å². The number of esters is 1. The second-order valence-electron chi connectivity index (χ2n) is 2.95. The zero-order chi connectivity index (χ0) is 12.3. The van der Waals surface area contributed by atoms with Crippen molar-refractivity contribution >= 4 is 5.97 Å². The molecule has 0 amide bonds. The van der Waals surface area contributed by atoms with Crippen LogP contribution in [0.3, 0.4) is 0 Å². The number of imidazole rings is 1. The lowest BCUT2D eigenvalue weighted by Crippen LogP contribution is -2.18. The van der Waals surface area contributed by atoms with Crippen LogP contribution in [-0.4, -0.2) is 22.1 Å². The molecule has 0 spiro atoms. The molecule has 1 rings (SSSR count). The second-order valence-corrected chi connectivity index (χ2v) is 2.95. The van der Waals surface area contributed by atoms with Crippen LogP contribution in [0.2, 0.25) is 0 Å². The molecule has 1 heterocycles. The maximum Gasteiger partial charge on any atom is 0.435 e. The normalized spacial score (nSPS) is 11.6. The molecule has 90 valence electrons. The number of ether oxygens (including phenoxy) is 1. The number of nitrogens with zero attached hydrogens (tertiary/aromatic N) is 2. The molecular formula is C9H11F3N2O2. The van der Waals surface area contributed by atoms with E-state index in [0.29, 0.717) is 0 Å². The van der Waals surface area contributed by atoms with Crippen molar-refractivity contribution in [3.63, 3.8) is 0 Å². The van der Waals surface area contributed by atoms with Crippen molar-refractivity contribution in [1.82, 2.24) is 9.55 Å². The monoisotopic (exact) mass is 236 g/mol. The number of hydrogen-bond donors (Lipinski definition) is 0. The summed E-state index contributed by atoms with van der Waals surface area (Å²) in [5.74, 6) is -1.01. The molecule has 0 fully saturated rings. The molecule has 0 saturated heterocycles. The number of aryl methyl sites for hydroxylation is 1. The van der Waals surface area contributed by atoms with Gasteiger partial charge in [-0.2, -0.15) is 13.2 Å². The van der Waals surface area contributed by atoms with Gasteiger partial charge in [0.2, 0.25) is 0 Å². The van der Waals surface area contributed by atoms with Gasteiger partial charge >= 0.3 is 12.1 Å². The van der Waals surface area contributed by atoms with Gasteiger partial charge in [0, 0.05) is 6.54 Å². The van der Waals surface area contributed by atoms with Crippen molar-refractivity contribution in [3.8, 4) is 0 Å². The van der Waals surface area contributed by atoms with Gasteiger partial charge in [-0.05, 0) is 13.8 Å². The Morgan fingerprint density at radius 1 is 1.50 bits per heavy atom. The van der Waals surface area contributed by atoms with Crippen LogP contribution in [0.4, 0.5) is 13.2 Å². The largest absolute Gasteiger partial charge is 0.461 e. The number of aromatic nitrogens is 2. The minimum absolute atomic E-state index is 0.0189. The van der Waals surface area contributed by atoms with E-state index < -0.39 is 23.5 Å². The molecule has 0 aliphatic rings. The van der Waals surface area contributed by atoms with Crippen LogP contribution in [0, 0.1) is 0 Å². The quantitative estimate of drug-likeness (QED) is 0.755. The molecule has 0 aliphatic heterocycles. The Labute approximate surface area is 90.0 Å². The molecule has 0 atom stereocenters. The summed E-state index contributed by atoms with van der Waals surface area (Å²) in [5, 5.41) is 0. The summed E-state index contributed by atoms with van der Waals surface area (Å²) in [5.41, 5.74) is -1.75. The van der Waals surface area contributed by atoms with Crippen molar-refractivity contribution in [2.24, 2.45) is 0 Å². The molecule has 0 unspecified atom stereocenters. The molecule has 4 nitrogen and oxygen atoms in total. The zero-order valence-corrected chi connectivity index (χ0v) is 8.84. The lowest BCUT2D eigenvalue weighted by molar-refractivity contribution is -0.141. The minimum atomic E-state index is -4.65. The van der Waals surface area contributed by atoms with Crippen molar-refractivity contribution in [3.05, 3.63) is 17.7 Å². The predicted molar refractivity (Wildman–Crippen MR) is 48.9 cm³/mol. The molecule has 0 radical (unpaired) electrons. The average molecular weight is 236 g/mol. The highest BCUT2D eigenvalue weighted by Gasteiger charge is 2.40. The van der Waals surface area contributed by atoms with Gasteiger partial charge in [-0.15, -0.1) is 0 Å². The van der Waals surface area contributed by atoms with Gasteiger partial charge < -0.3 is 9.30 Å². The number of carbonyl (C=O) groups excluding carboxylic acids is 1. The summed E-state index contributed by atoms with van der Waals surface area (Å²) in [6, 6.07) is 0. The minimum Gasteiger partial charge on any atom is -0.461 e. The van der Waals surface area contributed by atoms with Crippen LogP contribution < -0.4 is 0 Å². The van der Waals surface area contributed by atoms with Gasteiger partial charge in [-0.1, -0.05) is 0 Å². The fraction of sp³-hybridized carbons (Fsp3) is 0.556. The van der Waals surface area contributed by atoms with Crippen LogP contribution in [-0.2, 0) is 17.5 Å². The Morgan fingerprint density at radius 3 is 2.56 bits per heavy atom. The van der Waals surface area contributed by atoms with Crippen LogP contribution in [0.5, 0.6) is 0 Å². The fourth-order valence-electron chi connectivity index (χ4n) is 1.24. The van der Waals surface area contributed by atoms with Crippen LogP contribution >= 0.6 is 0 Å². The predicted octanol–water partition coefficient (Wildman–Crippen LogP) is 2.10. The van der Waals surface area contributed by atoms with E-state index in [2.05, 4.69) is 9.72 Å². The third-order valence-electron chi connectivity index (χ3n) is 1.92. The third-order valence-corrected chi connectivity index (χ3v) is 1.92. The van der Waals surface area contributed by atoms with E-state index in [1.165, 1.54) is 6.92 Å². The molecule has 1 aromatic rings. The summed E-state index contributed by atoms with van der Waals surface area (Å²) in [7, 11) is 0. The van der Waals surface area contributed by atoms with E-state index >= 15 is 0 Å². The molecule has 16 heavy (non-hydrogen) atoms. The lowest BCUT2D eigenvalue weighted by atomic mass is 10.3. The van der Waals surface area contributed by atoms with Crippen molar-refractivity contribution in [1.29, 1.82) is 0 Å². The molecule has 0 saturated carbocycles. The highest BCUT2D eigenvalue weighted by Crippen LogP contribution is 2.31. The van der Waals surface area contributed by atoms with Crippen LogP contribution in [0.1, 0.15) is 30.0 Å². The van der Waals surface area contributed by atoms with Gasteiger partial charge in [0.15, 0.2) is 11.4 Å². The molecular weight excluding hydrogens is 225 g/mol. The Morgan fingerprint density at radius 2 is 2.12 bits per heavy atom. The first-order valence-electron chi connectivity index (χ1n) is 4.71. The number of alkyl halides is 3. The molecule has 0 aromatic carbocycles. The van der Waals surface area contributed by atoms with E-state index in [4.69, 9.17) is 0 Å². The van der Waals surface area contributed by atoms with Crippen molar-refractivity contribution < 1.29 is 22.7 Å². The highest BCUT2D eigenvalue weighted by molar-refractivity contribution is 5.89. The maximum absolute atomic E-state index is 12.5. The summed E-state index contributed by atoms with van der Waals surface area (Å²) in [6.07, 6.45) is -3.67. The first-order valence-corrected chi connectivity index (χ1v) is 4.71. The van der Waals surface area contributed by atoms with E-state index in [1.807, 2.05) is 0 Å². The topological polar surface area (TPSA) is 44.1 Å². The smallest absolute Gasteiger partial charge is 0.435 e. The summed E-state index contributed by atoms with van der Waals surface area (Å²) >= 11 is 0. The zero-order valence-electron chi connectivity index (χ0n) is 8.84. The fourth-order valence-corrected chi connectivity index (χ4v) is 1.24. The van der Waals surface area contributed by atoms with Crippen LogP contribution in [0.25, 0.3) is 0 Å². The summed E-state index contributed by atoms with van der Waals surface area (Å²) < 4.78 is 43.2. The van der Waals surface area contributed by atoms with Gasteiger partial charge in [-0.3, -0.25) is 0 Å². The molecule has 0 N–H and O–H groups in total. The lowest BCUT2D eigenvalue weighted by Gasteiger charge is -2.08. The Bertz CT molecular complexity index is 385. The third kappa shape index (κ3) is 2.34. The Hall–Kier alpha value is -1.53. The van der Waals surface area contributed by atoms with E-state index in [9.17, 15) is 18.0 Å². The maximum atomic E-state index is 12.5. The number of halogens is 3. The number of hydrogen-bond acceptors (Lipinski definition) is 3. The first kappa shape index (κ1) is 12.5. The van der Waals surface area contributed by atoms with Gasteiger partial charge in [0.1, 0.15) is 0 Å². The molecule has 7 heteroatoms. The second kappa shape index (κ2) is 4.54. The highest BCUT2D eigenvalue weighted by atomic mass is 19.4. The van der Waals surface area contributed by atoms with Crippen molar-refractivity contribution in [2.45, 2.75) is 26.6 Å². The molecule has 1 aromatic heterocycles. The Balaban J connectivity index is 3.21. The Kier molecular flexibility index (Phi) is 3.56. The van der Waals surface area contributed by atoms with Gasteiger partial charge in [0.25, 0.3) is 0 Å². The molecule has 0 bridgehead atoms. The first-order chi connectivity index (χ1) is 7.41. The summed E-state index contributed by atoms with van der Waals surface area (Å²) in [6.45, 7) is 3.38. The van der Waals surface area contributed by atoms with Gasteiger partial charge in [0.05, 0.1) is 12.9 Å². The van der Waals surface area contributed by atoms with Crippen LogP contribution in [0.15, 0.2) is 6.33 Å². The van der Waals surface area contributed by atoms with E-state index in [0.717, 1.165) is 10.9 Å². The average Bonchev–Trinajstić information content (AvgIpc) is 2.60. The van der Waals surface area contributed by atoms with E-state index in [1.54, 1.807) is 6.92 Å².